The quantitative estimate of drug-likeness (QED) is 0.838. The molecule has 4 nitrogen and oxygen atoms in total. The van der Waals surface area contributed by atoms with Crippen LogP contribution in [0.5, 0.6) is 0 Å². The molecule has 0 aliphatic heterocycles. The Kier molecular flexibility index (Phi) is 4.35. The fraction of sp³-hybridized carbons (Fsp3) is 0.529. The van der Waals surface area contributed by atoms with Gasteiger partial charge in [0.2, 0.25) is 0 Å². The van der Waals surface area contributed by atoms with Crippen LogP contribution in [-0.2, 0) is 12.0 Å². The fourth-order valence-corrected chi connectivity index (χ4v) is 2.64. The summed E-state index contributed by atoms with van der Waals surface area (Å²) in [5.41, 5.74) is 1.70. The highest BCUT2D eigenvalue weighted by molar-refractivity contribution is 6.01. The second-order valence-corrected chi connectivity index (χ2v) is 6.52. The number of aryl methyl sites for hydroxylation is 1. The molecule has 0 radical (unpaired) electrons. The minimum Gasteiger partial charge on any atom is -0.478 e. The van der Waals surface area contributed by atoms with E-state index in [1.54, 1.807) is 12.1 Å². The lowest BCUT2D eigenvalue weighted by molar-refractivity contribution is 0.0699. The highest BCUT2D eigenvalue weighted by Gasteiger charge is 2.24. The summed E-state index contributed by atoms with van der Waals surface area (Å²) in [4.78, 5) is 16.1. The number of carboxylic acid groups (broad SMARTS) is 1. The minimum absolute atomic E-state index is 0.110. The number of hydrogen-bond donors (Lipinski definition) is 1. The van der Waals surface area contributed by atoms with Gasteiger partial charge in [-0.15, -0.1) is 0 Å². The minimum atomic E-state index is -0.917. The van der Waals surface area contributed by atoms with E-state index < -0.39 is 5.97 Å². The number of nitrogens with zero attached hydrogens (tertiary/aromatic N) is 2. The largest absolute Gasteiger partial charge is 0.478 e. The first-order chi connectivity index (χ1) is 9.86. The van der Waals surface area contributed by atoms with Crippen LogP contribution in [0.1, 0.15) is 63.1 Å². The molecular weight excluding hydrogens is 264 g/mol. The van der Waals surface area contributed by atoms with Crippen LogP contribution < -0.4 is 0 Å². The molecule has 0 saturated carbocycles. The predicted octanol–water partition coefficient (Wildman–Crippen LogP) is 4.22. The lowest BCUT2D eigenvalue weighted by Gasteiger charge is -2.20. The Hall–Kier alpha value is -1.84. The molecule has 4 heteroatoms. The van der Waals surface area contributed by atoms with Crippen molar-refractivity contribution in [2.24, 2.45) is 0 Å². The van der Waals surface area contributed by atoms with Crippen LogP contribution in [0.25, 0.3) is 11.0 Å². The molecule has 1 aromatic carbocycles. The van der Waals surface area contributed by atoms with Gasteiger partial charge in [0.25, 0.3) is 0 Å². The van der Waals surface area contributed by atoms with Gasteiger partial charge in [-0.1, -0.05) is 46.6 Å². The van der Waals surface area contributed by atoms with Gasteiger partial charge in [-0.25, -0.2) is 9.78 Å². The highest BCUT2D eigenvalue weighted by Crippen LogP contribution is 2.28. The number of imidazole rings is 1. The summed E-state index contributed by atoms with van der Waals surface area (Å²) >= 11 is 0. The summed E-state index contributed by atoms with van der Waals surface area (Å²) in [6.45, 7) is 9.42. The molecule has 0 saturated heterocycles. The second kappa shape index (κ2) is 5.88. The molecule has 0 unspecified atom stereocenters. The van der Waals surface area contributed by atoms with Gasteiger partial charge in [-0.3, -0.25) is 0 Å². The zero-order chi connectivity index (χ0) is 15.6. The van der Waals surface area contributed by atoms with E-state index in [1.165, 1.54) is 6.42 Å². The molecule has 0 amide bonds. The molecule has 0 fully saturated rings. The van der Waals surface area contributed by atoms with Gasteiger partial charge >= 0.3 is 5.97 Å². The Labute approximate surface area is 125 Å². The molecular formula is C17H24N2O2. The van der Waals surface area contributed by atoms with Crippen LogP contribution in [0.2, 0.25) is 0 Å². The molecule has 0 spiro atoms. The summed E-state index contributed by atoms with van der Waals surface area (Å²) < 4.78 is 2.19. The van der Waals surface area contributed by atoms with E-state index in [9.17, 15) is 9.90 Å². The zero-order valence-corrected chi connectivity index (χ0v) is 13.3. The molecule has 1 aromatic heterocycles. The normalized spacial score (nSPS) is 12.0. The third kappa shape index (κ3) is 3.09. The molecule has 2 rings (SSSR count). The van der Waals surface area contributed by atoms with Gasteiger partial charge in [-0.05, 0) is 18.6 Å². The maximum atomic E-state index is 11.4. The monoisotopic (exact) mass is 288 g/mol. The van der Waals surface area contributed by atoms with Gasteiger partial charge in [0.1, 0.15) is 11.3 Å². The first kappa shape index (κ1) is 15.5. The number of para-hydroxylation sites is 1. The van der Waals surface area contributed by atoms with Gasteiger partial charge < -0.3 is 9.67 Å². The van der Waals surface area contributed by atoms with Crippen LogP contribution in [0.3, 0.4) is 0 Å². The number of aromatic carboxylic acids is 1. The van der Waals surface area contributed by atoms with Crippen LogP contribution in [0.4, 0.5) is 0 Å². The first-order valence-corrected chi connectivity index (χ1v) is 7.59. The Morgan fingerprint density at radius 2 is 2.00 bits per heavy atom. The molecule has 114 valence electrons. The van der Waals surface area contributed by atoms with Crippen molar-refractivity contribution in [3.8, 4) is 0 Å². The molecule has 1 N–H and O–H groups in total. The summed E-state index contributed by atoms with van der Waals surface area (Å²) in [7, 11) is 0. The van der Waals surface area contributed by atoms with E-state index in [0.29, 0.717) is 5.52 Å². The van der Waals surface area contributed by atoms with Crippen LogP contribution in [0.15, 0.2) is 18.2 Å². The topological polar surface area (TPSA) is 55.1 Å². The van der Waals surface area contributed by atoms with Crippen molar-refractivity contribution in [3.63, 3.8) is 0 Å². The number of rotatable bonds is 5. The number of hydrogen-bond acceptors (Lipinski definition) is 2. The molecule has 0 aliphatic rings. The van der Waals surface area contributed by atoms with Crippen molar-refractivity contribution in [1.82, 2.24) is 9.55 Å². The number of carbonyl (C=O) groups is 1. The van der Waals surface area contributed by atoms with Crippen LogP contribution >= 0.6 is 0 Å². The maximum absolute atomic E-state index is 11.4. The predicted molar refractivity (Wildman–Crippen MR) is 84.9 cm³/mol. The van der Waals surface area contributed by atoms with E-state index in [-0.39, 0.29) is 11.0 Å². The maximum Gasteiger partial charge on any atom is 0.337 e. The molecule has 0 atom stereocenters. The Bertz CT molecular complexity index is 651. The standard InChI is InChI=1S/C17H24N2O2/c1-5-6-7-11-19-13-10-8-9-12(15(20)21)14(13)18-16(19)17(2,3)4/h8-10H,5-7,11H2,1-4H3,(H,20,21). The zero-order valence-electron chi connectivity index (χ0n) is 13.3. The smallest absolute Gasteiger partial charge is 0.337 e. The van der Waals surface area contributed by atoms with E-state index in [0.717, 1.165) is 30.7 Å². The van der Waals surface area contributed by atoms with E-state index >= 15 is 0 Å². The lowest BCUT2D eigenvalue weighted by atomic mass is 9.95. The molecule has 2 aromatic rings. The lowest BCUT2D eigenvalue weighted by Crippen LogP contribution is -2.19. The summed E-state index contributed by atoms with van der Waals surface area (Å²) in [6.07, 6.45) is 3.42. The van der Waals surface area contributed by atoms with E-state index in [4.69, 9.17) is 0 Å². The molecule has 21 heavy (non-hydrogen) atoms. The second-order valence-electron chi connectivity index (χ2n) is 6.52. The van der Waals surface area contributed by atoms with E-state index in [1.807, 2.05) is 6.07 Å². The van der Waals surface area contributed by atoms with Crippen molar-refractivity contribution in [2.75, 3.05) is 0 Å². The molecule has 1 heterocycles. The average molecular weight is 288 g/mol. The van der Waals surface area contributed by atoms with Gasteiger partial charge in [-0.2, -0.15) is 0 Å². The molecule has 0 aliphatic carbocycles. The Morgan fingerprint density at radius 1 is 1.29 bits per heavy atom. The summed E-state index contributed by atoms with van der Waals surface area (Å²) in [5.74, 6) is 0.0431. The Balaban J connectivity index is 2.61. The third-order valence-corrected chi connectivity index (χ3v) is 3.67. The van der Waals surface area contributed by atoms with E-state index in [2.05, 4.69) is 37.2 Å². The Morgan fingerprint density at radius 3 is 2.57 bits per heavy atom. The number of carboxylic acids is 1. The SMILES string of the molecule is CCCCCn1c(C(C)(C)C)nc2c(C(=O)O)cccc21. The number of unbranched alkanes of at least 4 members (excludes halogenated alkanes) is 2. The van der Waals surface area contributed by atoms with Crippen molar-refractivity contribution in [2.45, 2.75) is 58.9 Å². The van der Waals surface area contributed by atoms with Crippen molar-refractivity contribution >= 4 is 17.0 Å². The molecule has 0 bridgehead atoms. The summed E-state index contributed by atoms with van der Waals surface area (Å²) in [6, 6.07) is 5.40. The average Bonchev–Trinajstić information content (AvgIpc) is 2.77. The van der Waals surface area contributed by atoms with Crippen molar-refractivity contribution < 1.29 is 9.90 Å². The van der Waals surface area contributed by atoms with Crippen molar-refractivity contribution in [3.05, 3.63) is 29.6 Å². The van der Waals surface area contributed by atoms with Crippen LogP contribution in [0, 0.1) is 0 Å². The number of benzene rings is 1. The van der Waals surface area contributed by atoms with Gasteiger partial charge in [0.15, 0.2) is 0 Å². The highest BCUT2D eigenvalue weighted by atomic mass is 16.4. The van der Waals surface area contributed by atoms with Crippen LogP contribution in [-0.4, -0.2) is 20.6 Å². The summed E-state index contributed by atoms with van der Waals surface area (Å²) in [5, 5.41) is 9.35. The fourth-order valence-electron chi connectivity index (χ4n) is 2.64. The first-order valence-electron chi connectivity index (χ1n) is 7.59. The number of aromatic nitrogens is 2. The van der Waals surface area contributed by atoms with Crippen molar-refractivity contribution in [1.29, 1.82) is 0 Å². The number of fused-ring (bicyclic) bond motifs is 1. The third-order valence-electron chi connectivity index (χ3n) is 3.67. The van der Waals surface area contributed by atoms with Gasteiger partial charge in [0, 0.05) is 12.0 Å². The van der Waals surface area contributed by atoms with Gasteiger partial charge in [0.05, 0.1) is 11.1 Å².